The molecule has 1 aliphatic rings. The first kappa shape index (κ1) is 12.2. The van der Waals surface area contributed by atoms with E-state index in [2.05, 4.69) is 13.5 Å². The second-order valence-corrected chi connectivity index (χ2v) is 5.17. The highest BCUT2D eigenvalue weighted by Gasteiger charge is 2.29. The van der Waals surface area contributed by atoms with E-state index in [1.807, 2.05) is 31.2 Å². The third-order valence-electron chi connectivity index (χ3n) is 3.87. The van der Waals surface area contributed by atoms with Gasteiger partial charge in [0, 0.05) is 0 Å². The number of rotatable bonds is 4. The van der Waals surface area contributed by atoms with Crippen LogP contribution in [0.1, 0.15) is 30.9 Å². The van der Waals surface area contributed by atoms with Crippen molar-refractivity contribution in [1.82, 2.24) is 5.12 Å². The van der Waals surface area contributed by atoms with E-state index >= 15 is 0 Å². The van der Waals surface area contributed by atoms with Gasteiger partial charge in [0.1, 0.15) is 0 Å². The molecule has 0 bridgehead atoms. The second kappa shape index (κ2) is 4.91. The Kier molecular flexibility index (Phi) is 3.51. The molecule has 0 amide bonds. The van der Waals surface area contributed by atoms with Crippen LogP contribution in [0.25, 0.3) is 5.70 Å². The van der Waals surface area contributed by atoms with Crippen molar-refractivity contribution < 1.29 is 4.48 Å². The molecule has 1 unspecified atom stereocenters. The van der Waals surface area contributed by atoms with Crippen LogP contribution >= 0.6 is 0 Å². The molecule has 2 heteroatoms. The fourth-order valence-corrected chi connectivity index (χ4v) is 2.21. The molecule has 1 aliphatic carbocycles. The zero-order valence-electron chi connectivity index (χ0n) is 10.6. The molecule has 2 rings (SSSR count). The molecule has 0 N–H and O–H groups in total. The number of nitrogens with zero attached hydrogens (tertiary/aromatic N) is 1. The summed E-state index contributed by atoms with van der Waals surface area (Å²) in [7, 11) is 0. The number of aryl methyl sites for hydroxylation is 1. The molecule has 0 radical (unpaired) electrons. The van der Waals surface area contributed by atoms with Gasteiger partial charge in [-0.25, -0.2) is 5.12 Å². The molecule has 0 heterocycles. The van der Waals surface area contributed by atoms with Gasteiger partial charge in [0.2, 0.25) is 0 Å². The van der Waals surface area contributed by atoms with Gasteiger partial charge >= 0.3 is 0 Å². The third kappa shape index (κ3) is 2.68. The second-order valence-electron chi connectivity index (χ2n) is 5.17. The van der Waals surface area contributed by atoms with Crippen LogP contribution in [0.15, 0.2) is 30.8 Å². The quantitative estimate of drug-likeness (QED) is 0.704. The predicted molar refractivity (Wildman–Crippen MR) is 69.9 cm³/mol. The standard InChI is InChI=1S/C15H20FN/c1-11-4-7-14(8-5-11)13(3)17(16)10-15-9-6-12(15)2/h4-5,7-8,12,15H,3,6,9-10H2,1-2H3/t12?,15-/m0/s1. The van der Waals surface area contributed by atoms with E-state index in [-0.39, 0.29) is 0 Å². The zero-order valence-corrected chi connectivity index (χ0v) is 10.6. The first-order chi connectivity index (χ1) is 8.08. The van der Waals surface area contributed by atoms with Gasteiger partial charge in [-0.3, -0.25) is 0 Å². The van der Waals surface area contributed by atoms with E-state index < -0.39 is 0 Å². The lowest BCUT2D eigenvalue weighted by molar-refractivity contribution is 0.0402. The van der Waals surface area contributed by atoms with Gasteiger partial charge in [-0.1, -0.05) is 54.2 Å². The molecular formula is C15H20FN. The molecule has 2 atom stereocenters. The summed E-state index contributed by atoms with van der Waals surface area (Å²) >= 11 is 0. The molecule has 17 heavy (non-hydrogen) atoms. The highest BCUT2D eigenvalue weighted by atomic mass is 19.2. The van der Waals surface area contributed by atoms with Gasteiger partial charge in [0.15, 0.2) is 0 Å². The maximum Gasteiger partial charge on any atom is 0.0688 e. The number of halogens is 1. The van der Waals surface area contributed by atoms with E-state index in [9.17, 15) is 4.48 Å². The van der Waals surface area contributed by atoms with Gasteiger partial charge < -0.3 is 0 Å². The summed E-state index contributed by atoms with van der Waals surface area (Å²) in [5, 5.41) is 0.811. The van der Waals surface area contributed by atoms with Crippen LogP contribution in [0.2, 0.25) is 0 Å². The monoisotopic (exact) mass is 233 g/mol. The Bertz CT molecular complexity index is 396. The smallest absolute Gasteiger partial charge is 0.0688 e. The summed E-state index contributed by atoms with van der Waals surface area (Å²) in [5.41, 5.74) is 2.52. The molecule has 1 fully saturated rings. The van der Waals surface area contributed by atoms with Gasteiger partial charge in [-0.05, 0) is 30.7 Å². The minimum Gasteiger partial charge on any atom is -0.212 e. The summed E-state index contributed by atoms with van der Waals surface area (Å²) < 4.78 is 14.0. The van der Waals surface area contributed by atoms with Crippen molar-refractivity contribution in [3.63, 3.8) is 0 Å². The van der Waals surface area contributed by atoms with Crippen molar-refractivity contribution in [1.29, 1.82) is 0 Å². The average molecular weight is 233 g/mol. The zero-order chi connectivity index (χ0) is 12.4. The first-order valence-corrected chi connectivity index (χ1v) is 6.27. The first-order valence-electron chi connectivity index (χ1n) is 6.27. The van der Waals surface area contributed by atoms with Gasteiger partial charge in [0.05, 0.1) is 12.2 Å². The van der Waals surface area contributed by atoms with Crippen molar-refractivity contribution >= 4 is 5.70 Å². The number of benzene rings is 1. The average Bonchev–Trinajstić information content (AvgIpc) is 2.34. The highest BCUT2D eigenvalue weighted by Crippen LogP contribution is 2.35. The maximum atomic E-state index is 14.0. The Labute approximate surface area is 103 Å². The summed E-state index contributed by atoms with van der Waals surface area (Å²) in [5.74, 6) is 1.14. The molecular weight excluding hydrogens is 213 g/mol. The van der Waals surface area contributed by atoms with E-state index in [4.69, 9.17) is 0 Å². The van der Waals surface area contributed by atoms with Crippen LogP contribution in [0, 0.1) is 18.8 Å². The minimum absolute atomic E-state index is 0.476. The lowest BCUT2D eigenvalue weighted by atomic mass is 9.75. The molecule has 1 nitrogen and oxygen atoms in total. The van der Waals surface area contributed by atoms with Crippen LogP contribution in [-0.2, 0) is 0 Å². The Balaban J connectivity index is 1.96. The maximum absolute atomic E-state index is 14.0. The third-order valence-corrected chi connectivity index (χ3v) is 3.87. The van der Waals surface area contributed by atoms with Gasteiger partial charge in [-0.2, -0.15) is 0 Å². The van der Waals surface area contributed by atoms with E-state index in [1.54, 1.807) is 0 Å². The molecule has 1 saturated carbocycles. The Morgan fingerprint density at radius 2 is 2.00 bits per heavy atom. The molecule has 1 aromatic rings. The number of hydrogen-bond acceptors (Lipinski definition) is 1. The Morgan fingerprint density at radius 1 is 1.35 bits per heavy atom. The summed E-state index contributed by atoms with van der Waals surface area (Å²) in [6, 6.07) is 7.82. The van der Waals surface area contributed by atoms with Crippen molar-refractivity contribution in [3.05, 3.63) is 42.0 Å². The fourth-order valence-electron chi connectivity index (χ4n) is 2.21. The van der Waals surface area contributed by atoms with Crippen molar-refractivity contribution in [2.45, 2.75) is 26.7 Å². The molecule has 1 aromatic carbocycles. The molecule has 0 aromatic heterocycles. The molecule has 92 valence electrons. The molecule has 0 spiro atoms. The number of hydrogen-bond donors (Lipinski definition) is 0. The normalized spacial score (nSPS) is 23.0. The minimum atomic E-state index is 0.476. The van der Waals surface area contributed by atoms with Crippen LogP contribution in [0.5, 0.6) is 0 Å². The van der Waals surface area contributed by atoms with Crippen LogP contribution in [0.3, 0.4) is 0 Å². The molecule has 0 aliphatic heterocycles. The van der Waals surface area contributed by atoms with Gasteiger partial charge in [-0.15, -0.1) is 0 Å². The summed E-state index contributed by atoms with van der Waals surface area (Å²) in [4.78, 5) is 0. The van der Waals surface area contributed by atoms with Gasteiger partial charge in [0.25, 0.3) is 0 Å². The van der Waals surface area contributed by atoms with Crippen molar-refractivity contribution in [2.24, 2.45) is 11.8 Å². The Hall–Kier alpha value is -1.31. The molecule has 0 saturated heterocycles. The van der Waals surface area contributed by atoms with Crippen LogP contribution in [-0.4, -0.2) is 11.7 Å². The van der Waals surface area contributed by atoms with E-state index in [0.717, 1.165) is 17.1 Å². The lowest BCUT2D eigenvalue weighted by Gasteiger charge is -2.35. The fraction of sp³-hybridized carbons (Fsp3) is 0.467. The van der Waals surface area contributed by atoms with Crippen molar-refractivity contribution in [3.8, 4) is 0 Å². The highest BCUT2D eigenvalue weighted by molar-refractivity contribution is 5.61. The lowest BCUT2D eigenvalue weighted by Crippen LogP contribution is -2.32. The van der Waals surface area contributed by atoms with E-state index in [1.165, 1.54) is 12.0 Å². The largest absolute Gasteiger partial charge is 0.212 e. The summed E-state index contributed by atoms with van der Waals surface area (Å²) in [6.45, 7) is 8.54. The van der Waals surface area contributed by atoms with Crippen molar-refractivity contribution in [2.75, 3.05) is 6.54 Å². The van der Waals surface area contributed by atoms with Crippen LogP contribution in [0.4, 0.5) is 4.48 Å². The predicted octanol–water partition coefficient (Wildman–Crippen LogP) is 4.20. The van der Waals surface area contributed by atoms with Crippen LogP contribution < -0.4 is 0 Å². The summed E-state index contributed by atoms with van der Waals surface area (Å²) in [6.07, 6.45) is 2.37. The topological polar surface area (TPSA) is 3.24 Å². The Morgan fingerprint density at radius 3 is 2.47 bits per heavy atom. The van der Waals surface area contributed by atoms with E-state index in [0.29, 0.717) is 24.1 Å². The SMILES string of the molecule is C=C(c1ccc(C)cc1)N(F)C[C@@H]1CCC1C.